The molecule has 0 N–H and O–H groups in total. The number of carbonyl (C=O) groups excluding carboxylic acids is 1. The molecule has 2 heterocycles. The number of benzene rings is 3. The third-order valence-electron chi connectivity index (χ3n) is 6.52. The zero-order valence-electron chi connectivity index (χ0n) is 17.3. The Morgan fingerprint density at radius 2 is 1.58 bits per heavy atom. The fraction of sp³-hybridized carbons (Fsp3) is 0.148. The van der Waals surface area contributed by atoms with E-state index in [9.17, 15) is 15.3 Å². The Morgan fingerprint density at radius 3 is 2.24 bits per heavy atom. The summed E-state index contributed by atoms with van der Waals surface area (Å²) < 4.78 is 0. The fourth-order valence-electron chi connectivity index (χ4n) is 5.08. The van der Waals surface area contributed by atoms with Crippen molar-refractivity contribution in [3.63, 3.8) is 0 Å². The molecule has 0 spiro atoms. The van der Waals surface area contributed by atoms with Gasteiger partial charge in [0.15, 0.2) is 11.2 Å². The largest absolute Gasteiger partial charge is 0.351 e. The van der Waals surface area contributed by atoms with Crippen LogP contribution in [0.15, 0.2) is 78.9 Å². The summed E-state index contributed by atoms with van der Waals surface area (Å²) in [6, 6.07) is 24.7. The number of Topliss-reactive ketones (excluding diaryl/α,β-unsaturated/α-hetero) is 1. The minimum absolute atomic E-state index is 0.172. The summed E-state index contributed by atoms with van der Waals surface area (Å²) in [5.41, 5.74) is 1.38. The van der Waals surface area contributed by atoms with Gasteiger partial charge in [-0.3, -0.25) is 4.79 Å². The van der Waals surface area contributed by atoms with E-state index in [-0.39, 0.29) is 5.78 Å². The van der Waals surface area contributed by atoms with Gasteiger partial charge in [0, 0.05) is 27.2 Å². The van der Waals surface area contributed by atoms with Crippen molar-refractivity contribution in [3.05, 3.63) is 106 Å². The van der Waals surface area contributed by atoms with Gasteiger partial charge in [-0.15, -0.1) is 0 Å². The number of hydrogen-bond donors (Lipinski definition) is 0. The monoisotopic (exact) mass is 469 g/mol. The SMILES string of the molecule is N#CC1(C#N)[C@H](c2ccccc2)[C@@H](C(=O)c2ccc(Cl)cc2)N2c3ccc(Cl)cc3C=C[C@@H]21. The summed E-state index contributed by atoms with van der Waals surface area (Å²) in [6.45, 7) is 0. The Kier molecular flexibility index (Phi) is 5.22. The lowest BCUT2D eigenvalue weighted by molar-refractivity contribution is 0.0951. The van der Waals surface area contributed by atoms with E-state index in [1.807, 2.05) is 59.5 Å². The maximum atomic E-state index is 14.0. The number of rotatable bonds is 3. The predicted molar refractivity (Wildman–Crippen MR) is 129 cm³/mol. The minimum atomic E-state index is -1.47. The van der Waals surface area contributed by atoms with Crippen LogP contribution < -0.4 is 4.90 Å². The van der Waals surface area contributed by atoms with Crippen molar-refractivity contribution in [3.8, 4) is 12.1 Å². The third-order valence-corrected chi connectivity index (χ3v) is 7.01. The molecule has 3 atom stereocenters. The lowest BCUT2D eigenvalue weighted by atomic mass is 9.69. The molecule has 0 saturated carbocycles. The molecule has 160 valence electrons. The van der Waals surface area contributed by atoms with E-state index in [0.29, 0.717) is 15.6 Å². The molecular formula is C27H17Cl2N3O. The van der Waals surface area contributed by atoms with Gasteiger partial charge in [-0.2, -0.15) is 10.5 Å². The first-order chi connectivity index (χ1) is 16.0. The lowest BCUT2D eigenvalue weighted by Gasteiger charge is -2.35. The first-order valence-corrected chi connectivity index (χ1v) is 11.2. The van der Waals surface area contributed by atoms with Gasteiger partial charge in [0.25, 0.3) is 0 Å². The summed E-state index contributed by atoms with van der Waals surface area (Å²) in [5, 5.41) is 21.9. The van der Waals surface area contributed by atoms with Crippen molar-refractivity contribution >= 4 is 40.7 Å². The maximum absolute atomic E-state index is 14.0. The average Bonchev–Trinajstić information content (AvgIpc) is 3.15. The highest BCUT2D eigenvalue weighted by Crippen LogP contribution is 2.55. The maximum Gasteiger partial charge on any atom is 0.185 e. The topological polar surface area (TPSA) is 67.9 Å². The number of nitrogens with zero attached hydrogens (tertiary/aromatic N) is 3. The van der Waals surface area contributed by atoms with E-state index in [4.69, 9.17) is 23.2 Å². The molecule has 4 nitrogen and oxygen atoms in total. The zero-order valence-corrected chi connectivity index (χ0v) is 18.8. The van der Waals surface area contributed by atoms with Gasteiger partial charge in [-0.25, -0.2) is 0 Å². The van der Waals surface area contributed by atoms with Crippen LogP contribution in [0.1, 0.15) is 27.4 Å². The molecule has 3 aromatic rings. The van der Waals surface area contributed by atoms with Crippen LogP contribution in [0.3, 0.4) is 0 Å². The smallest absolute Gasteiger partial charge is 0.185 e. The number of anilines is 1. The van der Waals surface area contributed by atoms with E-state index in [2.05, 4.69) is 12.1 Å². The van der Waals surface area contributed by atoms with Gasteiger partial charge in [0.05, 0.1) is 18.2 Å². The second kappa shape index (κ2) is 8.09. The number of fused-ring (bicyclic) bond motifs is 3. The van der Waals surface area contributed by atoms with Crippen molar-refractivity contribution < 1.29 is 4.79 Å². The molecule has 5 rings (SSSR count). The fourth-order valence-corrected chi connectivity index (χ4v) is 5.39. The molecule has 6 heteroatoms. The molecule has 0 amide bonds. The first-order valence-electron chi connectivity index (χ1n) is 10.4. The van der Waals surface area contributed by atoms with E-state index >= 15 is 0 Å². The molecule has 3 aromatic carbocycles. The van der Waals surface area contributed by atoms with Crippen LogP contribution >= 0.6 is 23.2 Å². The van der Waals surface area contributed by atoms with Gasteiger partial charge < -0.3 is 4.90 Å². The van der Waals surface area contributed by atoms with Crippen molar-refractivity contribution in [2.75, 3.05) is 4.90 Å². The molecule has 0 unspecified atom stereocenters. The number of ketones is 1. The molecule has 2 aliphatic rings. The summed E-state index contributed by atoms with van der Waals surface area (Å²) in [7, 11) is 0. The molecule has 0 radical (unpaired) electrons. The highest BCUT2D eigenvalue weighted by atomic mass is 35.5. The normalized spacial score (nSPS) is 22.1. The molecule has 0 aliphatic carbocycles. The molecule has 0 aromatic heterocycles. The van der Waals surface area contributed by atoms with E-state index in [1.54, 1.807) is 30.3 Å². The van der Waals surface area contributed by atoms with Crippen LogP contribution in [0.5, 0.6) is 0 Å². The van der Waals surface area contributed by atoms with Crippen molar-refractivity contribution in [1.29, 1.82) is 10.5 Å². The van der Waals surface area contributed by atoms with Crippen LogP contribution in [0.2, 0.25) is 10.0 Å². The molecule has 33 heavy (non-hydrogen) atoms. The average molecular weight is 470 g/mol. The second-order valence-corrected chi connectivity index (χ2v) is 9.08. The zero-order chi connectivity index (χ0) is 23.2. The Labute approximate surface area is 201 Å². The third kappa shape index (κ3) is 3.23. The number of hydrogen-bond acceptors (Lipinski definition) is 4. The summed E-state index contributed by atoms with van der Waals surface area (Å²) in [4.78, 5) is 16.0. The van der Waals surface area contributed by atoms with Gasteiger partial charge in [0.1, 0.15) is 6.04 Å². The van der Waals surface area contributed by atoms with Crippen LogP contribution in [0, 0.1) is 28.1 Å². The Hall–Kier alpha value is -3.57. The quantitative estimate of drug-likeness (QED) is 0.423. The Balaban J connectivity index is 1.78. The molecule has 2 aliphatic heterocycles. The van der Waals surface area contributed by atoms with Gasteiger partial charge in [0.2, 0.25) is 0 Å². The minimum Gasteiger partial charge on any atom is -0.351 e. The van der Waals surface area contributed by atoms with E-state index in [0.717, 1.165) is 16.8 Å². The van der Waals surface area contributed by atoms with Gasteiger partial charge in [-0.1, -0.05) is 65.7 Å². The van der Waals surface area contributed by atoms with E-state index in [1.165, 1.54) is 0 Å². The van der Waals surface area contributed by atoms with E-state index < -0.39 is 23.4 Å². The van der Waals surface area contributed by atoms with Gasteiger partial charge in [-0.05, 0) is 53.6 Å². The molecule has 1 saturated heterocycles. The number of carbonyl (C=O) groups is 1. The molecular weight excluding hydrogens is 453 g/mol. The highest BCUT2D eigenvalue weighted by Gasteiger charge is 2.63. The van der Waals surface area contributed by atoms with Crippen LogP contribution in [-0.4, -0.2) is 17.9 Å². The number of nitriles is 2. The van der Waals surface area contributed by atoms with Crippen molar-refractivity contribution in [1.82, 2.24) is 0 Å². The highest BCUT2D eigenvalue weighted by molar-refractivity contribution is 6.31. The Morgan fingerprint density at radius 1 is 0.909 bits per heavy atom. The van der Waals surface area contributed by atoms with Crippen molar-refractivity contribution in [2.24, 2.45) is 5.41 Å². The van der Waals surface area contributed by atoms with Crippen LogP contribution in [0.25, 0.3) is 6.08 Å². The second-order valence-electron chi connectivity index (χ2n) is 8.21. The Bertz CT molecular complexity index is 1340. The summed E-state index contributed by atoms with van der Waals surface area (Å²) in [6.07, 6.45) is 3.72. The van der Waals surface area contributed by atoms with Gasteiger partial charge >= 0.3 is 0 Å². The van der Waals surface area contributed by atoms with Crippen LogP contribution in [0.4, 0.5) is 5.69 Å². The standard InChI is InChI=1S/C27H17Cl2N3O/c28-20-9-6-18(7-10-20)26(33)25-24(17-4-2-1-3-5-17)27(15-30,16-31)23-13-8-19-14-21(29)11-12-22(19)32(23)25/h1-14,23-25H/t23-,24-,25+/m1/s1. The number of halogens is 2. The summed E-state index contributed by atoms with van der Waals surface area (Å²) in [5.74, 6) is -0.845. The molecule has 1 fully saturated rings. The van der Waals surface area contributed by atoms with Crippen LogP contribution in [-0.2, 0) is 0 Å². The van der Waals surface area contributed by atoms with Crippen molar-refractivity contribution in [2.45, 2.75) is 18.0 Å². The molecule has 0 bridgehead atoms. The first kappa shape index (κ1) is 21.3. The summed E-state index contributed by atoms with van der Waals surface area (Å²) >= 11 is 12.3. The predicted octanol–water partition coefficient (Wildman–Crippen LogP) is 6.28. The lowest BCUT2D eigenvalue weighted by Crippen LogP contribution is -2.44.